The maximum absolute atomic E-state index is 12.4. The van der Waals surface area contributed by atoms with Gasteiger partial charge in [-0.15, -0.1) is 6.58 Å². The molecule has 2 aromatic rings. The number of nitrogens with one attached hydrogen (secondary N) is 2. The van der Waals surface area contributed by atoms with Crippen molar-refractivity contribution in [3.8, 4) is 0 Å². The summed E-state index contributed by atoms with van der Waals surface area (Å²) in [4.78, 5) is 24.2. The number of carbonyl (C=O) groups is 2. The van der Waals surface area contributed by atoms with Gasteiger partial charge in [-0.05, 0) is 42.8 Å². The van der Waals surface area contributed by atoms with Crippen LogP contribution in [-0.4, -0.2) is 26.5 Å². The third-order valence-electron chi connectivity index (χ3n) is 3.60. The number of allylic oxidation sites excluding steroid dienone is 1. The zero-order chi connectivity index (χ0) is 20.0. The van der Waals surface area contributed by atoms with Gasteiger partial charge in [-0.1, -0.05) is 23.7 Å². The molecule has 0 aliphatic carbocycles. The first-order chi connectivity index (χ1) is 12.7. The van der Waals surface area contributed by atoms with Crippen molar-refractivity contribution >= 4 is 44.6 Å². The molecular formula is C19H19ClN2O4S. The summed E-state index contributed by atoms with van der Waals surface area (Å²) in [6.45, 7) is 3.56. The van der Waals surface area contributed by atoms with E-state index in [1.807, 2.05) is 0 Å². The van der Waals surface area contributed by atoms with Crippen LogP contribution >= 0.6 is 11.6 Å². The number of halogens is 1. The number of benzene rings is 2. The van der Waals surface area contributed by atoms with Crippen LogP contribution in [0.1, 0.15) is 23.2 Å². The highest BCUT2D eigenvalue weighted by Crippen LogP contribution is 2.26. The SMILES string of the molecule is C=CCCC(=O)Nc1ccc(NC(=O)c2cccc(S(C)(=O)=O)c2)c(Cl)c1. The molecule has 6 nitrogen and oxygen atoms in total. The van der Waals surface area contributed by atoms with Crippen LogP contribution in [0, 0.1) is 0 Å². The molecule has 0 spiro atoms. The average molecular weight is 407 g/mol. The zero-order valence-electron chi connectivity index (χ0n) is 14.7. The largest absolute Gasteiger partial charge is 0.326 e. The van der Waals surface area contributed by atoms with Crippen LogP contribution in [0.5, 0.6) is 0 Å². The molecule has 2 amide bonds. The Morgan fingerprint density at radius 2 is 1.89 bits per heavy atom. The summed E-state index contributed by atoms with van der Waals surface area (Å²) in [5.74, 6) is -0.662. The maximum Gasteiger partial charge on any atom is 0.255 e. The van der Waals surface area contributed by atoms with Crippen molar-refractivity contribution in [2.24, 2.45) is 0 Å². The van der Waals surface area contributed by atoms with E-state index in [2.05, 4.69) is 17.2 Å². The van der Waals surface area contributed by atoms with Gasteiger partial charge in [0, 0.05) is 23.9 Å². The Morgan fingerprint density at radius 3 is 2.52 bits per heavy atom. The summed E-state index contributed by atoms with van der Waals surface area (Å²) in [5, 5.41) is 5.57. The van der Waals surface area contributed by atoms with Crippen LogP contribution in [0.4, 0.5) is 11.4 Å². The first-order valence-corrected chi connectivity index (χ1v) is 10.3. The number of hydrogen-bond donors (Lipinski definition) is 2. The van der Waals surface area contributed by atoms with E-state index in [4.69, 9.17) is 11.6 Å². The van der Waals surface area contributed by atoms with Gasteiger partial charge in [-0.3, -0.25) is 9.59 Å². The molecule has 8 heteroatoms. The van der Waals surface area contributed by atoms with Crippen molar-refractivity contribution in [2.75, 3.05) is 16.9 Å². The number of sulfone groups is 1. The Balaban J connectivity index is 2.12. The molecule has 0 aliphatic rings. The molecule has 2 N–H and O–H groups in total. The predicted molar refractivity (Wildman–Crippen MR) is 107 cm³/mol. The van der Waals surface area contributed by atoms with Gasteiger partial charge in [-0.25, -0.2) is 8.42 Å². The number of amides is 2. The Labute approximate surface area is 163 Å². The standard InChI is InChI=1S/C19H19ClN2O4S/c1-3-4-8-18(23)21-14-9-10-17(16(20)12-14)22-19(24)13-6-5-7-15(11-13)27(2,25)26/h3,5-7,9-12H,1,4,8H2,2H3,(H,21,23)(H,22,24). The lowest BCUT2D eigenvalue weighted by atomic mass is 10.2. The molecule has 0 radical (unpaired) electrons. The van der Waals surface area contributed by atoms with Gasteiger partial charge in [0.1, 0.15) is 0 Å². The minimum absolute atomic E-state index is 0.0545. The number of carbonyl (C=O) groups excluding carboxylic acids is 2. The summed E-state index contributed by atoms with van der Waals surface area (Å²) >= 11 is 6.17. The molecule has 0 saturated carbocycles. The van der Waals surface area contributed by atoms with Crippen LogP contribution in [-0.2, 0) is 14.6 Å². The van der Waals surface area contributed by atoms with Crippen LogP contribution < -0.4 is 10.6 Å². The van der Waals surface area contributed by atoms with Crippen molar-refractivity contribution in [3.05, 3.63) is 65.7 Å². The molecule has 0 bridgehead atoms. The second kappa shape index (κ2) is 8.83. The minimum Gasteiger partial charge on any atom is -0.326 e. The second-order valence-electron chi connectivity index (χ2n) is 5.82. The highest BCUT2D eigenvalue weighted by Gasteiger charge is 2.13. The molecule has 0 unspecified atom stereocenters. The lowest BCUT2D eigenvalue weighted by molar-refractivity contribution is -0.116. The predicted octanol–water partition coefficient (Wildman–Crippen LogP) is 3.90. The number of anilines is 2. The fourth-order valence-electron chi connectivity index (χ4n) is 2.21. The van der Waals surface area contributed by atoms with E-state index < -0.39 is 15.7 Å². The first-order valence-electron chi connectivity index (χ1n) is 8.02. The second-order valence-corrected chi connectivity index (χ2v) is 8.25. The molecule has 0 atom stereocenters. The van der Waals surface area contributed by atoms with Gasteiger partial charge in [0.25, 0.3) is 5.91 Å². The fourth-order valence-corrected chi connectivity index (χ4v) is 3.11. The monoisotopic (exact) mass is 406 g/mol. The van der Waals surface area contributed by atoms with E-state index in [1.165, 1.54) is 30.3 Å². The summed E-state index contributed by atoms with van der Waals surface area (Å²) in [6, 6.07) is 10.4. The summed E-state index contributed by atoms with van der Waals surface area (Å²) in [5.41, 5.74) is 1.04. The molecule has 0 aromatic heterocycles. The molecule has 2 rings (SSSR count). The van der Waals surface area contributed by atoms with E-state index in [0.717, 1.165) is 6.26 Å². The molecule has 0 fully saturated rings. The van der Waals surface area contributed by atoms with Gasteiger partial charge < -0.3 is 10.6 Å². The lowest BCUT2D eigenvalue weighted by Crippen LogP contribution is -2.14. The van der Waals surface area contributed by atoms with Crippen molar-refractivity contribution < 1.29 is 18.0 Å². The van der Waals surface area contributed by atoms with Crippen LogP contribution in [0.3, 0.4) is 0 Å². The summed E-state index contributed by atoms with van der Waals surface area (Å²) in [6.07, 6.45) is 3.61. The molecule has 0 saturated heterocycles. The fraction of sp³-hybridized carbons (Fsp3) is 0.158. The van der Waals surface area contributed by atoms with Gasteiger partial charge in [0.2, 0.25) is 5.91 Å². The first kappa shape index (κ1) is 20.7. The van der Waals surface area contributed by atoms with E-state index in [0.29, 0.717) is 24.2 Å². The highest BCUT2D eigenvalue weighted by atomic mass is 35.5. The van der Waals surface area contributed by atoms with E-state index in [9.17, 15) is 18.0 Å². The Hall–Kier alpha value is -2.64. The molecule has 0 aliphatic heterocycles. The van der Waals surface area contributed by atoms with Crippen LogP contribution in [0.2, 0.25) is 5.02 Å². The van der Waals surface area contributed by atoms with E-state index in [1.54, 1.807) is 18.2 Å². The smallest absolute Gasteiger partial charge is 0.255 e. The van der Waals surface area contributed by atoms with Crippen molar-refractivity contribution in [1.29, 1.82) is 0 Å². The minimum atomic E-state index is -3.42. The third kappa shape index (κ3) is 5.94. The topological polar surface area (TPSA) is 92.3 Å². The molecular weight excluding hydrogens is 388 g/mol. The summed E-state index contributed by atoms with van der Waals surface area (Å²) in [7, 11) is -3.42. The quantitative estimate of drug-likeness (QED) is 0.682. The molecule has 2 aromatic carbocycles. The number of rotatable bonds is 7. The Morgan fingerprint density at radius 1 is 1.15 bits per heavy atom. The van der Waals surface area contributed by atoms with Crippen LogP contribution in [0.15, 0.2) is 60.0 Å². The highest BCUT2D eigenvalue weighted by molar-refractivity contribution is 7.90. The third-order valence-corrected chi connectivity index (χ3v) is 5.02. The lowest BCUT2D eigenvalue weighted by Gasteiger charge is -2.10. The molecule has 0 heterocycles. The Kier molecular flexibility index (Phi) is 6.76. The van der Waals surface area contributed by atoms with Gasteiger partial charge in [-0.2, -0.15) is 0 Å². The van der Waals surface area contributed by atoms with Crippen molar-refractivity contribution in [2.45, 2.75) is 17.7 Å². The maximum atomic E-state index is 12.4. The molecule has 142 valence electrons. The van der Waals surface area contributed by atoms with Crippen LogP contribution in [0.25, 0.3) is 0 Å². The number of hydrogen-bond acceptors (Lipinski definition) is 4. The van der Waals surface area contributed by atoms with Gasteiger partial charge in [0.05, 0.1) is 15.6 Å². The van der Waals surface area contributed by atoms with Crippen molar-refractivity contribution in [1.82, 2.24) is 0 Å². The molecule has 27 heavy (non-hydrogen) atoms. The van der Waals surface area contributed by atoms with Gasteiger partial charge >= 0.3 is 0 Å². The Bertz CT molecular complexity index is 987. The average Bonchev–Trinajstić information content (AvgIpc) is 2.61. The summed E-state index contributed by atoms with van der Waals surface area (Å²) < 4.78 is 23.2. The van der Waals surface area contributed by atoms with E-state index >= 15 is 0 Å². The van der Waals surface area contributed by atoms with Crippen molar-refractivity contribution in [3.63, 3.8) is 0 Å². The zero-order valence-corrected chi connectivity index (χ0v) is 16.2. The van der Waals surface area contributed by atoms with Gasteiger partial charge in [0.15, 0.2) is 9.84 Å². The van der Waals surface area contributed by atoms with E-state index in [-0.39, 0.29) is 21.4 Å². The normalized spacial score (nSPS) is 10.9.